The number of ether oxygens (including phenoxy) is 1. The number of rotatable bonds is 13. The van der Waals surface area contributed by atoms with Crippen molar-refractivity contribution in [2.45, 2.75) is 77.6 Å². The number of quaternary nitrogens is 1. The van der Waals surface area contributed by atoms with Crippen molar-refractivity contribution in [1.29, 1.82) is 0 Å². The molecular formula is C20H37INO+. The van der Waals surface area contributed by atoms with E-state index in [1.807, 2.05) is 0 Å². The van der Waals surface area contributed by atoms with Crippen LogP contribution >= 0.6 is 22.6 Å². The van der Waals surface area contributed by atoms with E-state index in [-0.39, 0.29) is 0 Å². The highest BCUT2D eigenvalue weighted by Gasteiger charge is 2.28. The number of nitrogens with zero attached hydrogens (tertiary/aromatic N) is 1. The molecule has 1 aliphatic rings. The normalized spacial score (nSPS) is 16.8. The molecule has 1 rings (SSSR count). The fourth-order valence-corrected chi connectivity index (χ4v) is 3.67. The van der Waals surface area contributed by atoms with Crippen LogP contribution in [0.5, 0.6) is 0 Å². The Morgan fingerprint density at radius 1 is 0.826 bits per heavy atom. The van der Waals surface area contributed by atoms with Gasteiger partial charge in [-0.2, -0.15) is 0 Å². The van der Waals surface area contributed by atoms with Gasteiger partial charge >= 0.3 is 0 Å². The number of hydrogen-bond donors (Lipinski definition) is 0. The van der Waals surface area contributed by atoms with Gasteiger partial charge in [-0.25, -0.2) is 0 Å². The molecular weight excluding hydrogens is 397 g/mol. The molecule has 0 saturated carbocycles. The van der Waals surface area contributed by atoms with E-state index in [2.05, 4.69) is 39.4 Å². The van der Waals surface area contributed by atoms with Crippen LogP contribution in [0.4, 0.5) is 0 Å². The van der Waals surface area contributed by atoms with Crippen LogP contribution in [0.15, 0.2) is 0 Å². The van der Waals surface area contributed by atoms with Gasteiger partial charge in [0.2, 0.25) is 0 Å². The highest BCUT2D eigenvalue weighted by Crippen LogP contribution is 2.15. The predicted octanol–water partition coefficient (Wildman–Crippen LogP) is 5.54. The van der Waals surface area contributed by atoms with Crippen molar-refractivity contribution < 1.29 is 9.22 Å². The molecule has 1 aliphatic heterocycles. The maximum absolute atomic E-state index is 5.55. The summed E-state index contributed by atoms with van der Waals surface area (Å²) in [4.78, 5) is 0. The molecule has 0 aromatic heterocycles. The molecule has 0 N–H and O–H groups in total. The molecule has 1 fully saturated rings. The largest absolute Gasteiger partial charge is 0.370 e. The zero-order valence-electron chi connectivity index (χ0n) is 15.3. The Balaban J connectivity index is 2.00. The van der Waals surface area contributed by atoms with Crippen molar-refractivity contribution in [2.75, 3.05) is 39.4 Å². The van der Waals surface area contributed by atoms with E-state index in [1.54, 1.807) is 0 Å². The quantitative estimate of drug-likeness (QED) is 0.160. The van der Waals surface area contributed by atoms with Crippen LogP contribution in [0.25, 0.3) is 0 Å². The lowest BCUT2D eigenvalue weighted by molar-refractivity contribution is -0.928. The molecule has 0 atom stereocenters. The average molecular weight is 434 g/mol. The van der Waals surface area contributed by atoms with Crippen molar-refractivity contribution in [3.63, 3.8) is 0 Å². The van der Waals surface area contributed by atoms with Gasteiger partial charge < -0.3 is 9.22 Å². The van der Waals surface area contributed by atoms with Crippen LogP contribution in [0.2, 0.25) is 0 Å². The van der Waals surface area contributed by atoms with E-state index in [0.717, 1.165) is 32.8 Å². The van der Waals surface area contributed by atoms with Gasteiger partial charge in [0.05, 0.1) is 19.8 Å². The summed E-state index contributed by atoms with van der Waals surface area (Å²) in [6.07, 6.45) is 15.6. The first-order chi connectivity index (χ1) is 11.3. The van der Waals surface area contributed by atoms with Gasteiger partial charge in [-0.1, -0.05) is 64.7 Å². The van der Waals surface area contributed by atoms with E-state index in [9.17, 15) is 0 Å². The minimum absolute atomic E-state index is 0.918. The second-order valence-electron chi connectivity index (χ2n) is 7.09. The standard InChI is InChI=1S/C20H37INO/c1-2-3-4-5-6-7-8-9-10-11-12-15-22(16-13-14-21)17-19-23-20-18-22/h2-12,15-20H2,1H3/q+1. The molecule has 0 bridgehead atoms. The monoisotopic (exact) mass is 434 g/mol. The van der Waals surface area contributed by atoms with Crippen molar-refractivity contribution in [1.82, 2.24) is 0 Å². The summed E-state index contributed by atoms with van der Waals surface area (Å²) in [6.45, 7) is 8.75. The topological polar surface area (TPSA) is 9.23 Å². The molecule has 0 radical (unpaired) electrons. The summed E-state index contributed by atoms with van der Waals surface area (Å²) in [6, 6.07) is 0. The molecule has 0 aromatic carbocycles. The van der Waals surface area contributed by atoms with E-state index >= 15 is 0 Å². The van der Waals surface area contributed by atoms with Crippen molar-refractivity contribution >= 4 is 22.6 Å². The molecule has 1 saturated heterocycles. The molecule has 0 amide bonds. The Labute approximate surface area is 158 Å². The molecule has 0 unspecified atom stereocenters. The second kappa shape index (κ2) is 14.5. The first-order valence-electron chi connectivity index (χ1n) is 9.84. The smallest absolute Gasteiger partial charge is 0.141 e. The minimum Gasteiger partial charge on any atom is -0.370 e. The van der Waals surface area contributed by atoms with Gasteiger partial charge in [-0.15, -0.1) is 0 Å². The van der Waals surface area contributed by atoms with Gasteiger partial charge in [-0.05, 0) is 22.7 Å². The van der Waals surface area contributed by atoms with Crippen molar-refractivity contribution in [2.24, 2.45) is 0 Å². The zero-order chi connectivity index (χ0) is 16.6. The lowest BCUT2D eigenvalue weighted by atomic mass is 10.1. The van der Waals surface area contributed by atoms with Crippen LogP contribution in [0.3, 0.4) is 0 Å². The Bertz CT molecular complexity index is 328. The van der Waals surface area contributed by atoms with Crippen molar-refractivity contribution in [3.05, 3.63) is 0 Å². The third-order valence-electron chi connectivity index (χ3n) is 5.14. The third kappa shape index (κ3) is 10.6. The Kier molecular flexibility index (Phi) is 13.4. The van der Waals surface area contributed by atoms with Crippen LogP contribution in [0, 0.1) is 9.85 Å². The second-order valence-corrected chi connectivity index (χ2v) is 7.63. The maximum atomic E-state index is 5.55. The molecule has 3 heteroatoms. The molecule has 1 heterocycles. The lowest BCUT2D eigenvalue weighted by Gasteiger charge is -2.40. The Hall–Kier alpha value is 0.210. The summed E-state index contributed by atoms with van der Waals surface area (Å²) >= 11 is 2.16. The molecule has 134 valence electrons. The molecule has 0 aromatic rings. The van der Waals surface area contributed by atoms with Gasteiger partial charge in [0.25, 0.3) is 0 Å². The number of morpholine rings is 1. The van der Waals surface area contributed by atoms with Gasteiger partial charge in [0.15, 0.2) is 0 Å². The Morgan fingerprint density at radius 3 is 1.87 bits per heavy atom. The summed E-state index contributed by atoms with van der Waals surface area (Å²) < 4.78 is 9.77. The maximum Gasteiger partial charge on any atom is 0.141 e. The van der Waals surface area contributed by atoms with E-state index < -0.39 is 0 Å². The summed E-state index contributed by atoms with van der Waals surface area (Å²) in [7, 11) is 0. The van der Waals surface area contributed by atoms with E-state index in [0.29, 0.717) is 0 Å². The highest BCUT2D eigenvalue weighted by molar-refractivity contribution is 14.1. The molecule has 2 nitrogen and oxygen atoms in total. The lowest BCUT2D eigenvalue weighted by Crippen LogP contribution is -2.55. The number of unbranched alkanes of at least 4 members (excludes halogenated alkanes) is 10. The number of hydrogen-bond acceptors (Lipinski definition) is 1. The van der Waals surface area contributed by atoms with Gasteiger partial charge in [0, 0.05) is 22.6 Å². The van der Waals surface area contributed by atoms with Crippen LogP contribution in [-0.2, 0) is 4.74 Å². The van der Waals surface area contributed by atoms with E-state index in [1.165, 1.54) is 81.7 Å². The highest BCUT2D eigenvalue weighted by atomic mass is 127. The third-order valence-corrected chi connectivity index (χ3v) is 5.52. The fraction of sp³-hybridized carbons (Fsp3) is 0.900. The Morgan fingerprint density at radius 2 is 1.35 bits per heavy atom. The fourth-order valence-electron chi connectivity index (χ4n) is 3.50. The summed E-state index contributed by atoms with van der Waals surface area (Å²) in [5, 5.41) is 0. The first-order valence-corrected chi connectivity index (χ1v) is 10.9. The first kappa shape index (κ1) is 21.3. The van der Waals surface area contributed by atoms with E-state index in [4.69, 9.17) is 4.74 Å². The van der Waals surface area contributed by atoms with Crippen molar-refractivity contribution in [3.8, 4) is 9.85 Å². The summed E-state index contributed by atoms with van der Waals surface area (Å²) in [5.41, 5.74) is 0. The molecule has 0 spiro atoms. The van der Waals surface area contributed by atoms with Crippen LogP contribution < -0.4 is 0 Å². The van der Waals surface area contributed by atoms with Crippen LogP contribution in [0.1, 0.15) is 77.6 Å². The van der Waals surface area contributed by atoms with Crippen LogP contribution in [-0.4, -0.2) is 43.9 Å². The molecule has 0 aliphatic carbocycles. The zero-order valence-corrected chi connectivity index (χ0v) is 17.4. The minimum atomic E-state index is 0.918. The summed E-state index contributed by atoms with van der Waals surface area (Å²) in [5.74, 6) is 3.30. The van der Waals surface area contributed by atoms with Gasteiger partial charge in [-0.3, -0.25) is 0 Å². The van der Waals surface area contributed by atoms with Gasteiger partial charge in [0.1, 0.15) is 19.6 Å². The SMILES string of the molecule is CCCCCCCCCCCCC[N+]1(CC#CI)CCOCC1. The molecule has 23 heavy (non-hydrogen) atoms. The number of halogens is 1. The average Bonchev–Trinajstić information content (AvgIpc) is 2.59. The predicted molar refractivity (Wildman–Crippen MR) is 109 cm³/mol.